The number of carboxylic acid groups (broad SMARTS) is 1. The average molecular weight is 489 g/mol. The van der Waals surface area contributed by atoms with Crippen molar-refractivity contribution in [1.29, 1.82) is 0 Å². The van der Waals surface area contributed by atoms with E-state index in [9.17, 15) is 19.5 Å². The molecule has 0 aromatic heterocycles. The second-order valence-electron chi connectivity index (χ2n) is 9.91. The number of epoxide rings is 2. The summed E-state index contributed by atoms with van der Waals surface area (Å²) in [6.07, 6.45) is 2.86. The quantitative estimate of drug-likeness (QED) is 0.212. The molecular weight excluding hydrogens is 455 g/mol. The summed E-state index contributed by atoms with van der Waals surface area (Å²) in [6, 6.07) is 0. The Bertz CT molecular complexity index is 843. The van der Waals surface area contributed by atoms with E-state index < -0.39 is 42.3 Å². The first-order valence-corrected chi connectivity index (χ1v) is 11.5. The molecule has 3 aliphatic heterocycles. The Morgan fingerprint density at radius 3 is 2.56 bits per heavy atom. The van der Waals surface area contributed by atoms with Gasteiger partial charge in [-0.25, -0.2) is 4.79 Å². The zero-order valence-corrected chi connectivity index (χ0v) is 22.7. The van der Waals surface area contributed by atoms with E-state index in [-0.39, 0.29) is 66.8 Å². The monoisotopic (exact) mass is 488 g/mol. The predicted octanol–water partition coefficient (Wildman–Crippen LogP) is -2.90. The van der Waals surface area contributed by atoms with E-state index in [1.807, 2.05) is 0 Å². The van der Waals surface area contributed by atoms with Gasteiger partial charge in [-0.3, -0.25) is 9.69 Å². The zero-order chi connectivity index (χ0) is 24.0. The third kappa shape index (κ3) is 5.47. The van der Waals surface area contributed by atoms with E-state index in [0.29, 0.717) is 13.0 Å². The Hall–Kier alpha value is -1.17. The van der Waals surface area contributed by atoms with Gasteiger partial charge in [0.25, 0.3) is 0 Å². The maximum absolute atomic E-state index is 12.9. The van der Waals surface area contributed by atoms with Crippen LogP contribution < -0.4 is 34.7 Å². The molecule has 11 heteroatoms. The Morgan fingerprint density at radius 2 is 2.00 bits per heavy atom. The molecule has 3 saturated heterocycles. The van der Waals surface area contributed by atoms with Gasteiger partial charge in [0.1, 0.15) is 30.0 Å². The van der Waals surface area contributed by atoms with Gasteiger partial charge in [-0.15, -0.1) is 0 Å². The van der Waals surface area contributed by atoms with Crippen LogP contribution >= 0.6 is 0 Å². The van der Waals surface area contributed by atoms with Gasteiger partial charge in [-0.2, -0.15) is 0 Å². The summed E-state index contributed by atoms with van der Waals surface area (Å²) >= 11 is 0. The molecule has 4 aliphatic rings. The molecule has 3 heterocycles. The molecule has 0 aromatic rings. The Morgan fingerprint density at radius 1 is 1.29 bits per heavy atom. The minimum absolute atomic E-state index is 0. The van der Waals surface area contributed by atoms with Gasteiger partial charge in [-0.05, 0) is 40.0 Å². The van der Waals surface area contributed by atoms with Crippen LogP contribution in [0.2, 0.25) is 0 Å². The van der Waals surface area contributed by atoms with Crippen LogP contribution in [0.3, 0.4) is 0 Å². The van der Waals surface area contributed by atoms with Crippen LogP contribution in [-0.4, -0.2) is 97.2 Å². The number of rotatable bonds is 7. The predicted molar refractivity (Wildman–Crippen MR) is 113 cm³/mol. The molecule has 0 radical (unpaired) electrons. The number of hydrogen-bond donors (Lipinski definition) is 0. The smallest absolute Gasteiger partial charge is 0.548 e. The molecule has 0 unspecified atom stereocenters. The van der Waals surface area contributed by atoms with E-state index in [0.717, 1.165) is 12.8 Å². The first-order valence-electron chi connectivity index (χ1n) is 11.5. The fraction of sp³-hybridized carbons (Fsp3) is 0.783. The fourth-order valence-electron chi connectivity index (χ4n) is 5.46. The Kier molecular flexibility index (Phi) is 8.42. The van der Waals surface area contributed by atoms with Crippen molar-refractivity contribution in [2.75, 3.05) is 39.9 Å². The van der Waals surface area contributed by atoms with E-state index in [1.165, 1.54) is 15.4 Å². The molecule has 1 aliphatic carbocycles. The molecule has 1 saturated carbocycles. The van der Waals surface area contributed by atoms with E-state index in [4.69, 9.17) is 18.9 Å². The molecule has 0 N–H and O–H groups in total. The second-order valence-corrected chi connectivity index (χ2v) is 9.91. The zero-order valence-electron chi connectivity index (χ0n) is 20.7. The maximum Gasteiger partial charge on any atom is 1.00 e. The van der Waals surface area contributed by atoms with Gasteiger partial charge in [0.15, 0.2) is 0 Å². The third-order valence-corrected chi connectivity index (χ3v) is 7.39. The molecule has 34 heavy (non-hydrogen) atoms. The third-order valence-electron chi connectivity index (χ3n) is 7.39. The molecule has 10 nitrogen and oxygen atoms in total. The number of aliphatic carboxylic acids is 1. The summed E-state index contributed by atoms with van der Waals surface area (Å²) in [5.41, 5.74) is 0.490. The van der Waals surface area contributed by atoms with E-state index >= 15 is 0 Å². The summed E-state index contributed by atoms with van der Waals surface area (Å²) in [7, 11) is 1.61. The van der Waals surface area contributed by atoms with Crippen molar-refractivity contribution in [3.63, 3.8) is 0 Å². The summed E-state index contributed by atoms with van der Waals surface area (Å²) in [6.45, 7) is 6.45. The molecular formula is C23H33N2NaO8. The molecule has 6 atom stereocenters. The molecule has 0 bridgehead atoms. The normalized spacial score (nSPS) is 36.5. The minimum Gasteiger partial charge on any atom is -0.548 e. The Labute approximate surface area is 222 Å². The number of ether oxygens (including phenoxy) is 4. The number of allylic oxidation sites excluding steroid dienone is 1. The van der Waals surface area contributed by atoms with Crippen molar-refractivity contribution in [2.45, 2.75) is 69.5 Å². The van der Waals surface area contributed by atoms with Crippen LogP contribution in [0.1, 0.15) is 40.0 Å². The van der Waals surface area contributed by atoms with Crippen LogP contribution in [0.4, 0.5) is 4.79 Å². The second kappa shape index (κ2) is 10.4. The fourth-order valence-corrected chi connectivity index (χ4v) is 5.46. The van der Waals surface area contributed by atoms with Crippen molar-refractivity contribution in [2.24, 2.45) is 5.92 Å². The van der Waals surface area contributed by atoms with Gasteiger partial charge in [0.05, 0.1) is 31.1 Å². The standard InChI is InChI=1S/C23H34N2O8.Na/c1-14(2)5-6-16-22(3,33-16)20-19(30-4)15(7-8-23(20)13-31-23)32-21(29)25-10-9-24(12-18(27)28)17(26)11-25;/h5,15-16,19-20H,6-13H2,1-4H3,(H,27,28);/q;+1/p-1/t15-,16-,19-,20-,22+,23+;/m1./s1. The van der Waals surface area contributed by atoms with Crippen molar-refractivity contribution in [1.82, 2.24) is 9.80 Å². The molecule has 4 fully saturated rings. The number of carbonyl (C=O) groups is 3. The van der Waals surface area contributed by atoms with E-state index in [2.05, 4.69) is 26.8 Å². The van der Waals surface area contributed by atoms with E-state index in [1.54, 1.807) is 7.11 Å². The first-order chi connectivity index (χ1) is 15.6. The van der Waals surface area contributed by atoms with Gasteiger partial charge in [0, 0.05) is 20.2 Å². The molecule has 0 aromatic carbocycles. The first kappa shape index (κ1) is 27.4. The van der Waals surface area contributed by atoms with Gasteiger partial charge in [0.2, 0.25) is 5.91 Å². The Balaban J connectivity index is 0.00000324. The summed E-state index contributed by atoms with van der Waals surface area (Å²) in [4.78, 5) is 38.3. The SMILES string of the molecule is CO[C@@H]1[C@H](OC(=O)N2CCN(CC(=O)[O-])C(=O)C2)CC[C@]2(CO2)[C@H]1[C@@]1(C)O[C@@H]1CC=C(C)C.[Na+]. The number of amides is 2. The van der Waals surface area contributed by atoms with Crippen LogP contribution in [0, 0.1) is 5.92 Å². The van der Waals surface area contributed by atoms with Crippen molar-refractivity contribution >= 4 is 18.0 Å². The largest absolute Gasteiger partial charge is 1.00 e. The number of carboxylic acids is 1. The van der Waals surface area contributed by atoms with Crippen molar-refractivity contribution in [3.8, 4) is 0 Å². The number of nitrogens with zero attached hydrogens (tertiary/aromatic N) is 2. The van der Waals surface area contributed by atoms with Gasteiger partial charge >= 0.3 is 35.7 Å². The van der Waals surface area contributed by atoms with Crippen LogP contribution in [-0.2, 0) is 28.5 Å². The molecule has 4 rings (SSSR count). The van der Waals surface area contributed by atoms with Crippen molar-refractivity contribution in [3.05, 3.63) is 11.6 Å². The number of hydrogen-bond acceptors (Lipinski definition) is 8. The molecule has 1 spiro atoms. The van der Waals surface area contributed by atoms with Crippen LogP contribution in [0.5, 0.6) is 0 Å². The topological polar surface area (TPSA) is 124 Å². The molecule has 2 amide bonds. The number of methoxy groups -OCH3 is 1. The van der Waals surface area contributed by atoms with Gasteiger partial charge < -0.3 is 33.7 Å². The minimum atomic E-state index is -1.33. The van der Waals surface area contributed by atoms with Crippen LogP contribution in [0.15, 0.2) is 11.6 Å². The summed E-state index contributed by atoms with van der Waals surface area (Å²) in [5.74, 6) is -1.86. The van der Waals surface area contributed by atoms with Crippen LogP contribution in [0.25, 0.3) is 0 Å². The number of carbonyl (C=O) groups excluding carboxylic acids is 3. The molecule has 184 valence electrons. The summed E-state index contributed by atoms with van der Waals surface area (Å²) < 4.78 is 23.8. The average Bonchev–Trinajstić information content (AvgIpc) is 3.66. The van der Waals surface area contributed by atoms with Crippen molar-refractivity contribution < 1.29 is 68.0 Å². The number of piperazine rings is 1. The van der Waals surface area contributed by atoms with Gasteiger partial charge in [-0.1, -0.05) is 11.6 Å². The summed E-state index contributed by atoms with van der Waals surface area (Å²) in [5, 5.41) is 10.8. The maximum atomic E-state index is 12.9.